The van der Waals surface area contributed by atoms with Crippen LogP contribution in [0.15, 0.2) is 60.7 Å². The third-order valence-electron chi connectivity index (χ3n) is 3.98. The number of alkyl halides is 2. The molecule has 2 aromatic carbocycles. The predicted molar refractivity (Wildman–Crippen MR) is 95.6 cm³/mol. The Balaban J connectivity index is 1.69. The highest BCUT2D eigenvalue weighted by Crippen LogP contribution is 2.29. The molecule has 1 heterocycles. The number of hydrogen-bond donors (Lipinski definition) is 1. The number of hydrogen-bond acceptors (Lipinski definition) is 3. The molecule has 26 heavy (non-hydrogen) atoms. The summed E-state index contributed by atoms with van der Waals surface area (Å²) in [7, 11) is 0. The van der Waals surface area contributed by atoms with Crippen molar-refractivity contribution in [1.82, 2.24) is 4.57 Å². The highest BCUT2D eigenvalue weighted by Gasteiger charge is 2.18. The fourth-order valence-corrected chi connectivity index (χ4v) is 2.62. The van der Waals surface area contributed by atoms with Crippen molar-refractivity contribution in [2.45, 2.75) is 20.1 Å². The van der Waals surface area contributed by atoms with E-state index in [1.54, 1.807) is 37.3 Å². The summed E-state index contributed by atoms with van der Waals surface area (Å²) in [5, 5.41) is 12.1. The molecule has 0 bridgehead atoms. The lowest BCUT2D eigenvalue weighted by molar-refractivity contribution is 0.0679. The van der Waals surface area contributed by atoms with E-state index in [1.807, 2.05) is 30.3 Å². The third-order valence-corrected chi connectivity index (χ3v) is 3.98. The quantitative estimate of drug-likeness (QED) is 0.647. The first-order valence-electron chi connectivity index (χ1n) is 8.02. The lowest BCUT2D eigenvalue weighted by Gasteiger charge is -2.10. The molecule has 0 radical (unpaired) electrons. The molecule has 0 atom stereocenters. The minimum absolute atomic E-state index is 0.0807. The Morgan fingerprint density at radius 1 is 1.12 bits per heavy atom. The summed E-state index contributed by atoms with van der Waals surface area (Å²) in [4.78, 5) is 0. The van der Waals surface area contributed by atoms with E-state index in [9.17, 15) is 8.78 Å². The average molecular weight is 353 g/mol. The molecular formula is C20H17F2N3O. The molecule has 1 N–H and O–H groups in total. The smallest absolute Gasteiger partial charge is 0.319 e. The van der Waals surface area contributed by atoms with Gasteiger partial charge in [-0.3, -0.25) is 4.57 Å². The monoisotopic (exact) mass is 353 g/mol. The van der Waals surface area contributed by atoms with E-state index >= 15 is 0 Å². The molecule has 0 aliphatic carbocycles. The van der Waals surface area contributed by atoms with Crippen LogP contribution in [0.5, 0.6) is 5.75 Å². The summed E-state index contributed by atoms with van der Waals surface area (Å²) < 4.78 is 32.6. The molecule has 0 spiro atoms. The van der Waals surface area contributed by atoms with Gasteiger partial charge in [-0.25, -0.2) is 0 Å². The first-order valence-corrected chi connectivity index (χ1v) is 8.02. The largest absolute Gasteiger partial charge is 0.489 e. The summed E-state index contributed by atoms with van der Waals surface area (Å²) in [5.41, 5.74) is 2.49. The van der Waals surface area contributed by atoms with E-state index in [2.05, 4.69) is 5.32 Å². The fourth-order valence-electron chi connectivity index (χ4n) is 2.62. The van der Waals surface area contributed by atoms with E-state index in [0.29, 0.717) is 28.3 Å². The SMILES string of the molecule is Cc1c(Nc2ccc(OCc3ccccc3)cc2)cc(C#N)n1C(F)F. The van der Waals surface area contributed by atoms with Crippen LogP contribution >= 0.6 is 0 Å². The van der Waals surface area contributed by atoms with Gasteiger partial charge >= 0.3 is 6.55 Å². The van der Waals surface area contributed by atoms with E-state index in [0.717, 1.165) is 11.3 Å². The van der Waals surface area contributed by atoms with Crippen LogP contribution in [0.1, 0.15) is 23.5 Å². The van der Waals surface area contributed by atoms with Gasteiger partial charge in [-0.05, 0) is 42.8 Å². The number of anilines is 2. The van der Waals surface area contributed by atoms with Crippen molar-refractivity contribution in [1.29, 1.82) is 5.26 Å². The first-order chi connectivity index (χ1) is 12.6. The maximum absolute atomic E-state index is 13.1. The van der Waals surface area contributed by atoms with Crippen molar-refractivity contribution in [2.75, 3.05) is 5.32 Å². The molecule has 4 nitrogen and oxygen atoms in total. The molecule has 0 aliphatic heterocycles. The number of ether oxygens (including phenoxy) is 1. The molecule has 6 heteroatoms. The van der Waals surface area contributed by atoms with Gasteiger partial charge in [0, 0.05) is 11.4 Å². The van der Waals surface area contributed by atoms with Gasteiger partial charge in [0.25, 0.3) is 0 Å². The Hall–Kier alpha value is -3.33. The van der Waals surface area contributed by atoms with Gasteiger partial charge < -0.3 is 10.1 Å². The molecule has 3 rings (SSSR count). The van der Waals surface area contributed by atoms with Gasteiger partial charge in [-0.15, -0.1) is 0 Å². The molecule has 0 saturated heterocycles. The Bertz CT molecular complexity index is 913. The molecule has 0 fully saturated rings. The van der Waals surface area contributed by atoms with Gasteiger partial charge in [-0.1, -0.05) is 30.3 Å². The average Bonchev–Trinajstić information content (AvgIpc) is 2.98. The van der Waals surface area contributed by atoms with Crippen LogP contribution in [-0.4, -0.2) is 4.57 Å². The Kier molecular flexibility index (Phi) is 5.18. The predicted octanol–water partition coefficient (Wildman–Crippen LogP) is 5.39. The van der Waals surface area contributed by atoms with Crippen LogP contribution < -0.4 is 10.1 Å². The fraction of sp³-hybridized carbons (Fsp3) is 0.150. The number of nitrogens with one attached hydrogen (secondary N) is 1. The van der Waals surface area contributed by atoms with Crippen LogP contribution in [0.3, 0.4) is 0 Å². The van der Waals surface area contributed by atoms with Gasteiger partial charge in [0.05, 0.1) is 5.69 Å². The molecule has 0 saturated carbocycles. The molecular weight excluding hydrogens is 336 g/mol. The molecule has 3 aromatic rings. The number of halogens is 2. The van der Waals surface area contributed by atoms with Crippen molar-refractivity contribution in [3.05, 3.63) is 77.6 Å². The molecule has 1 aromatic heterocycles. The van der Waals surface area contributed by atoms with Gasteiger partial charge in [0.15, 0.2) is 0 Å². The first kappa shape index (κ1) is 17.5. The van der Waals surface area contributed by atoms with Crippen molar-refractivity contribution in [3.8, 4) is 11.8 Å². The maximum Gasteiger partial charge on any atom is 0.319 e. The number of benzene rings is 2. The van der Waals surface area contributed by atoms with E-state index in [1.165, 1.54) is 6.07 Å². The van der Waals surface area contributed by atoms with Crippen LogP contribution in [0.4, 0.5) is 20.2 Å². The summed E-state index contributed by atoms with van der Waals surface area (Å²) in [5.74, 6) is 0.707. The van der Waals surface area contributed by atoms with E-state index in [-0.39, 0.29) is 5.69 Å². The summed E-state index contributed by atoms with van der Waals surface area (Å²) in [6.07, 6.45) is 0. The minimum atomic E-state index is -2.76. The second kappa shape index (κ2) is 7.70. The number of aromatic nitrogens is 1. The second-order valence-electron chi connectivity index (χ2n) is 5.71. The Morgan fingerprint density at radius 2 is 1.81 bits per heavy atom. The van der Waals surface area contributed by atoms with Crippen molar-refractivity contribution >= 4 is 11.4 Å². The van der Waals surface area contributed by atoms with E-state index < -0.39 is 6.55 Å². The lowest BCUT2D eigenvalue weighted by Crippen LogP contribution is -2.03. The molecule has 0 aliphatic rings. The van der Waals surface area contributed by atoms with Crippen LogP contribution in [-0.2, 0) is 6.61 Å². The Morgan fingerprint density at radius 3 is 2.38 bits per heavy atom. The van der Waals surface area contributed by atoms with Gasteiger partial charge in [-0.2, -0.15) is 14.0 Å². The van der Waals surface area contributed by atoms with Crippen molar-refractivity contribution < 1.29 is 13.5 Å². The third kappa shape index (κ3) is 3.83. The summed E-state index contributed by atoms with van der Waals surface area (Å²) in [6, 6.07) is 20.2. The van der Waals surface area contributed by atoms with Gasteiger partial charge in [0.2, 0.25) is 0 Å². The zero-order valence-electron chi connectivity index (χ0n) is 14.1. The van der Waals surface area contributed by atoms with Crippen molar-refractivity contribution in [2.24, 2.45) is 0 Å². The van der Waals surface area contributed by atoms with Gasteiger partial charge in [0.1, 0.15) is 24.1 Å². The number of nitriles is 1. The normalized spacial score (nSPS) is 10.6. The molecule has 0 unspecified atom stereocenters. The summed E-state index contributed by atoms with van der Waals surface area (Å²) >= 11 is 0. The topological polar surface area (TPSA) is 50.0 Å². The Labute approximate surface area is 150 Å². The van der Waals surface area contributed by atoms with E-state index in [4.69, 9.17) is 10.00 Å². The minimum Gasteiger partial charge on any atom is -0.489 e. The van der Waals surface area contributed by atoms with Crippen LogP contribution in [0.25, 0.3) is 0 Å². The highest BCUT2D eigenvalue weighted by molar-refractivity contribution is 5.65. The lowest BCUT2D eigenvalue weighted by atomic mass is 10.2. The van der Waals surface area contributed by atoms with Crippen LogP contribution in [0.2, 0.25) is 0 Å². The second-order valence-corrected chi connectivity index (χ2v) is 5.71. The highest BCUT2D eigenvalue weighted by atomic mass is 19.3. The standard InChI is InChI=1S/C20H17F2N3O/c1-14-19(11-17(12-23)25(14)20(21)22)24-16-7-9-18(10-8-16)26-13-15-5-3-2-4-6-15/h2-11,20,24H,13H2,1H3. The maximum atomic E-state index is 13.1. The zero-order chi connectivity index (χ0) is 18.5. The summed E-state index contributed by atoms with van der Waals surface area (Å²) in [6.45, 7) is -0.740. The molecule has 0 amide bonds. The van der Waals surface area contributed by atoms with Crippen molar-refractivity contribution in [3.63, 3.8) is 0 Å². The molecule has 132 valence electrons. The number of rotatable bonds is 6. The zero-order valence-corrected chi connectivity index (χ0v) is 14.1. The van der Waals surface area contributed by atoms with Crippen LogP contribution in [0, 0.1) is 18.3 Å². The number of nitrogens with zero attached hydrogens (tertiary/aromatic N) is 2.